The molecule has 0 bridgehead atoms. The monoisotopic (exact) mass is 610 g/mol. The van der Waals surface area contributed by atoms with E-state index in [4.69, 9.17) is 18.4 Å². The number of aliphatic carboxylic acids is 2. The molecule has 2 aromatic carbocycles. The Labute approximate surface area is 236 Å². The van der Waals surface area contributed by atoms with Gasteiger partial charge in [0.05, 0.1) is 0 Å². The van der Waals surface area contributed by atoms with Gasteiger partial charge in [-0.1, -0.05) is 60.7 Å². The Hall–Kier alpha value is -1.61. The van der Waals surface area contributed by atoms with Crippen molar-refractivity contribution in [3.8, 4) is 0 Å². The van der Waals surface area contributed by atoms with Crippen molar-refractivity contribution in [2.45, 2.75) is 45.8 Å². The first-order chi connectivity index (χ1) is 15.5. The van der Waals surface area contributed by atoms with Gasteiger partial charge in [0.15, 0.2) is 16.6 Å². The fourth-order valence-electron chi connectivity index (χ4n) is 2.31. The van der Waals surface area contributed by atoms with E-state index in [-0.39, 0.29) is 43.8 Å². The summed E-state index contributed by atoms with van der Waals surface area (Å²) in [6.45, 7) is 15.3. The molecule has 2 radical (unpaired) electrons. The van der Waals surface area contributed by atoms with Crippen LogP contribution in [0.1, 0.15) is 20.7 Å². The van der Waals surface area contributed by atoms with Crippen LogP contribution in [0.4, 0.5) is 0 Å². The van der Waals surface area contributed by atoms with Crippen LogP contribution in [0.5, 0.6) is 0 Å². The number of carboxylic acid groups (broad SMARTS) is 2. The van der Waals surface area contributed by atoms with Gasteiger partial charge >= 0.3 is 21.2 Å². The van der Waals surface area contributed by atoms with E-state index in [1.54, 1.807) is 36.4 Å². The Kier molecular flexibility index (Phi) is 17.2. The largest absolute Gasteiger partial charge is 0.475 e. The van der Waals surface area contributed by atoms with Crippen LogP contribution in [0.3, 0.4) is 0 Å². The Morgan fingerprint density at radius 1 is 0.629 bits per heavy atom. The molecule has 0 spiro atoms. The van der Waals surface area contributed by atoms with Gasteiger partial charge in [0.2, 0.25) is 0 Å². The zero-order chi connectivity index (χ0) is 26.5. The quantitative estimate of drug-likeness (QED) is 0.250. The van der Waals surface area contributed by atoms with Gasteiger partial charge in [0.25, 0.3) is 11.6 Å². The van der Waals surface area contributed by atoms with E-state index in [2.05, 4.69) is 45.8 Å². The van der Waals surface area contributed by atoms with Crippen LogP contribution >= 0.6 is 0 Å². The third kappa shape index (κ3) is 18.3. The van der Waals surface area contributed by atoms with Crippen LogP contribution in [0.15, 0.2) is 60.7 Å². The molecular weight excluding hydrogens is 577 g/mol. The molecule has 0 aliphatic rings. The molecule has 0 aromatic heterocycles. The number of benzene rings is 2. The summed E-state index contributed by atoms with van der Waals surface area (Å²) in [7, 11) is -3.74. The topological polar surface area (TPSA) is 127 Å². The maximum atomic E-state index is 10.7. The standard InChI is InChI=1S/2C8H6O3.C7H21O2Si3.Y/c2*9-7(8(10)11)6-4-2-1-3-5-6;1-10(8-11(2,3)4)9-12(5,6)7;/h2*1-5H,(H,10,11);1-7H3;. The second-order valence-electron chi connectivity index (χ2n) is 8.92. The molecule has 0 heterocycles. The summed E-state index contributed by atoms with van der Waals surface area (Å²) >= 11 is 0. The van der Waals surface area contributed by atoms with E-state index in [9.17, 15) is 19.2 Å². The molecule has 35 heavy (non-hydrogen) atoms. The summed E-state index contributed by atoms with van der Waals surface area (Å²) in [5.74, 6) is -4.58. The fourth-order valence-corrected chi connectivity index (χ4v) is 9.75. The van der Waals surface area contributed by atoms with Crippen molar-refractivity contribution >= 4 is 49.4 Å². The van der Waals surface area contributed by atoms with Crippen molar-refractivity contribution in [2.24, 2.45) is 0 Å². The number of ketones is 2. The zero-order valence-corrected chi connectivity index (χ0v) is 27.0. The van der Waals surface area contributed by atoms with E-state index < -0.39 is 49.4 Å². The van der Waals surface area contributed by atoms with Gasteiger partial charge in [-0.25, -0.2) is 9.59 Å². The van der Waals surface area contributed by atoms with E-state index >= 15 is 0 Å². The second kappa shape index (κ2) is 17.0. The van der Waals surface area contributed by atoms with Crippen LogP contribution < -0.4 is 0 Å². The summed E-state index contributed by atoms with van der Waals surface area (Å²) in [4.78, 5) is 41.8. The molecule has 2 N–H and O–H groups in total. The van der Waals surface area contributed by atoms with Crippen molar-refractivity contribution in [1.29, 1.82) is 0 Å². The van der Waals surface area contributed by atoms with Gasteiger partial charge in [-0.3, -0.25) is 9.59 Å². The Morgan fingerprint density at radius 3 is 1.09 bits per heavy atom. The molecule has 12 heteroatoms. The van der Waals surface area contributed by atoms with Crippen molar-refractivity contribution in [2.75, 3.05) is 0 Å². The summed E-state index contributed by atoms with van der Waals surface area (Å²) in [5.41, 5.74) is 0.417. The van der Waals surface area contributed by atoms with Crippen molar-refractivity contribution in [1.82, 2.24) is 0 Å². The summed E-state index contributed by atoms with van der Waals surface area (Å²) in [5, 5.41) is 16.6. The van der Waals surface area contributed by atoms with Crippen LogP contribution in [0, 0.1) is 0 Å². The molecule has 0 aliphatic heterocycles. The zero-order valence-electron chi connectivity index (χ0n) is 21.2. The minimum absolute atomic E-state index is 0. The van der Waals surface area contributed by atoms with Gasteiger partial charge in [-0.2, -0.15) is 0 Å². The molecule has 0 saturated heterocycles. The number of rotatable bonds is 8. The smallest absolute Gasteiger partial charge is 0.377 e. The van der Waals surface area contributed by atoms with Gasteiger partial charge in [-0.05, 0) is 45.8 Å². The van der Waals surface area contributed by atoms with E-state index in [1.165, 1.54) is 24.3 Å². The van der Waals surface area contributed by atoms with E-state index in [0.717, 1.165) is 0 Å². The molecule has 0 unspecified atom stereocenters. The minimum atomic E-state index is -1.42. The predicted octanol–water partition coefficient (Wildman–Crippen LogP) is 4.71. The van der Waals surface area contributed by atoms with Crippen molar-refractivity contribution < 1.29 is 70.3 Å². The third-order valence-electron chi connectivity index (χ3n) is 3.36. The normalized spacial score (nSPS) is 10.5. The Morgan fingerprint density at radius 2 is 0.886 bits per heavy atom. The van der Waals surface area contributed by atoms with Crippen LogP contribution in [0.25, 0.3) is 0 Å². The third-order valence-corrected chi connectivity index (χ3v) is 10.6. The number of carboxylic acids is 2. The molecule has 188 valence electrons. The first-order valence-corrected chi connectivity index (χ1v) is 19.0. The molecular formula is C23H33O8Si3Y. The minimum Gasteiger partial charge on any atom is -0.475 e. The number of Topliss-reactive ketones (excluding diaryl/α,β-unsaturated/α-hetero) is 2. The first kappa shape index (κ1) is 35.6. The summed E-state index contributed by atoms with van der Waals surface area (Å²) < 4.78 is 11.7. The maximum Gasteiger partial charge on any atom is 0.377 e. The summed E-state index contributed by atoms with van der Waals surface area (Å²) in [6, 6.07) is 15.8. The molecule has 0 fully saturated rings. The van der Waals surface area contributed by atoms with Crippen molar-refractivity contribution in [3.63, 3.8) is 0 Å². The molecule has 0 saturated carbocycles. The van der Waals surface area contributed by atoms with Gasteiger partial charge in [0, 0.05) is 43.8 Å². The first-order valence-electron chi connectivity index (χ1n) is 10.4. The van der Waals surface area contributed by atoms with Crippen LogP contribution in [-0.4, -0.2) is 59.6 Å². The summed E-state index contributed by atoms with van der Waals surface area (Å²) in [6.07, 6.45) is 0. The maximum absolute atomic E-state index is 10.7. The second-order valence-corrected chi connectivity index (χ2v) is 20.0. The molecule has 0 amide bonds. The average molecular weight is 611 g/mol. The molecule has 2 rings (SSSR count). The molecule has 2 aromatic rings. The number of carbonyl (C=O) groups is 4. The molecule has 0 aliphatic carbocycles. The molecule has 0 atom stereocenters. The van der Waals surface area contributed by atoms with Crippen LogP contribution in [-0.2, 0) is 50.5 Å². The fraction of sp³-hybridized carbons (Fsp3) is 0.304. The van der Waals surface area contributed by atoms with Crippen LogP contribution in [0.2, 0.25) is 45.8 Å². The van der Waals surface area contributed by atoms with Crippen molar-refractivity contribution in [3.05, 3.63) is 71.8 Å². The van der Waals surface area contributed by atoms with Gasteiger partial charge in [-0.15, -0.1) is 0 Å². The van der Waals surface area contributed by atoms with Gasteiger partial charge in [0.1, 0.15) is 0 Å². The number of hydrogen-bond donors (Lipinski definition) is 2. The Balaban J connectivity index is 0. The SMILES string of the molecule is C[Si](O[Si](C)(C)C)O[Si](C)(C)C.O=C(O)C(=O)c1ccccc1.O=C(O)C(=O)c1ccccc1.[Y]. The van der Waals surface area contributed by atoms with E-state index in [1.807, 2.05) is 0 Å². The molecule has 8 nitrogen and oxygen atoms in total. The number of carbonyl (C=O) groups excluding carboxylic acids is 2. The number of hydrogen-bond acceptors (Lipinski definition) is 6. The Bertz CT molecular complexity index is 865. The average Bonchev–Trinajstić information content (AvgIpc) is 2.72. The van der Waals surface area contributed by atoms with Gasteiger partial charge < -0.3 is 18.4 Å². The predicted molar refractivity (Wildman–Crippen MR) is 137 cm³/mol. The van der Waals surface area contributed by atoms with E-state index in [0.29, 0.717) is 0 Å².